The van der Waals surface area contributed by atoms with Crippen LogP contribution in [-0.4, -0.2) is 45.7 Å². The van der Waals surface area contributed by atoms with Crippen LogP contribution in [0.4, 0.5) is 0 Å². The van der Waals surface area contributed by atoms with Crippen LogP contribution in [0.3, 0.4) is 0 Å². The number of hydrogen-bond donors (Lipinski definition) is 4. The third kappa shape index (κ3) is 8.36. The highest BCUT2D eigenvalue weighted by Gasteiger charge is 2.25. The van der Waals surface area contributed by atoms with Gasteiger partial charge in [-0.2, -0.15) is 0 Å². The molecule has 1 atom stereocenters. The number of aliphatic hydroxyl groups is 1. The van der Waals surface area contributed by atoms with E-state index in [9.17, 15) is 30.0 Å². The Hall–Kier alpha value is -4.36. The minimum Gasteiger partial charge on any atom is -0.508 e. The Morgan fingerprint density at radius 1 is 0.744 bits per heavy atom. The molecule has 0 unspecified atom stereocenters. The molecule has 0 aliphatic heterocycles. The molecule has 7 heteroatoms. The lowest BCUT2D eigenvalue weighted by Crippen LogP contribution is -2.25. The molecule has 0 heterocycles. The van der Waals surface area contributed by atoms with Crippen molar-refractivity contribution in [2.45, 2.75) is 57.8 Å². The number of aliphatic hydroxyl groups excluding tert-OH is 1. The number of carbonyl (C=O) groups is 2. The quantitative estimate of drug-likeness (QED) is 0.0835. The molecule has 0 aliphatic rings. The van der Waals surface area contributed by atoms with Gasteiger partial charge in [0, 0.05) is 25.0 Å². The van der Waals surface area contributed by atoms with Gasteiger partial charge >= 0.3 is 0 Å². The highest BCUT2D eigenvalue weighted by molar-refractivity contribution is 6.02. The van der Waals surface area contributed by atoms with E-state index in [4.69, 9.17) is 4.74 Å². The molecule has 0 radical (unpaired) electrons. The van der Waals surface area contributed by atoms with Crippen molar-refractivity contribution in [3.8, 4) is 34.1 Å². The number of Topliss-reactive ketones (excluding diaryl/α,β-unsaturated/α-hetero) is 2. The summed E-state index contributed by atoms with van der Waals surface area (Å²) in [6.45, 7) is -0.221. The Morgan fingerprint density at radius 3 is 2.28 bits per heavy atom. The summed E-state index contributed by atoms with van der Waals surface area (Å²) >= 11 is 0. The van der Waals surface area contributed by atoms with Gasteiger partial charge < -0.3 is 25.2 Å². The van der Waals surface area contributed by atoms with Gasteiger partial charge in [0.2, 0.25) is 0 Å². The predicted molar refractivity (Wildman–Crippen MR) is 168 cm³/mol. The van der Waals surface area contributed by atoms with Crippen molar-refractivity contribution < 1.29 is 34.8 Å². The van der Waals surface area contributed by atoms with Crippen LogP contribution >= 0.6 is 0 Å². The zero-order valence-corrected chi connectivity index (χ0v) is 24.6. The van der Waals surface area contributed by atoms with Crippen molar-refractivity contribution in [1.82, 2.24) is 0 Å². The van der Waals surface area contributed by atoms with Gasteiger partial charge in [-0.25, -0.2) is 0 Å². The summed E-state index contributed by atoms with van der Waals surface area (Å²) in [6, 6.07) is 21.6. The molecule has 0 amide bonds. The van der Waals surface area contributed by atoms with Gasteiger partial charge in [-0.15, -0.1) is 0 Å². The summed E-state index contributed by atoms with van der Waals surface area (Å²) in [7, 11) is 1.46. The molecule has 0 fully saturated rings. The number of phenols is 3. The van der Waals surface area contributed by atoms with Crippen LogP contribution in [0.25, 0.3) is 21.9 Å². The van der Waals surface area contributed by atoms with Crippen LogP contribution in [0.5, 0.6) is 23.0 Å². The number of phenolic OH excluding ortho intramolecular Hbond substituents is 3. The van der Waals surface area contributed by atoms with Gasteiger partial charge in [-0.05, 0) is 96.0 Å². The molecule has 0 aromatic heterocycles. The predicted octanol–water partition coefficient (Wildman–Crippen LogP) is 6.89. The number of aromatic hydroxyl groups is 3. The Bertz CT molecular complexity index is 1560. The van der Waals surface area contributed by atoms with Crippen molar-refractivity contribution in [3.63, 3.8) is 0 Å². The summed E-state index contributed by atoms with van der Waals surface area (Å²) in [5.41, 5.74) is 3.60. The van der Waals surface area contributed by atoms with Gasteiger partial charge in [0.25, 0.3) is 0 Å². The Balaban J connectivity index is 1.26. The molecule has 0 saturated carbocycles. The van der Waals surface area contributed by atoms with Crippen LogP contribution in [0.1, 0.15) is 56.1 Å². The van der Waals surface area contributed by atoms with Crippen molar-refractivity contribution in [2.75, 3.05) is 13.7 Å². The fraction of sp³-hybridized carbons (Fsp3) is 0.333. The van der Waals surface area contributed by atoms with Gasteiger partial charge in [0.1, 0.15) is 23.1 Å². The largest absolute Gasteiger partial charge is 0.508 e. The lowest BCUT2D eigenvalue weighted by atomic mass is 9.89. The number of aryl methyl sites for hydroxylation is 2. The normalized spacial score (nSPS) is 11.9. The second kappa shape index (κ2) is 15.2. The van der Waals surface area contributed by atoms with Gasteiger partial charge in [0.15, 0.2) is 11.5 Å². The number of fused-ring (bicyclic) bond motifs is 1. The molecule has 43 heavy (non-hydrogen) atoms. The van der Waals surface area contributed by atoms with Crippen LogP contribution in [0, 0.1) is 5.92 Å². The summed E-state index contributed by atoms with van der Waals surface area (Å²) in [5, 5.41) is 41.6. The maximum absolute atomic E-state index is 12.9. The van der Waals surface area contributed by atoms with E-state index in [1.54, 1.807) is 30.3 Å². The number of unbranched alkanes of at least 4 members (excludes halogenated alkanes) is 3. The number of rotatable bonds is 16. The zero-order chi connectivity index (χ0) is 30.8. The number of hydrogen-bond acceptors (Lipinski definition) is 7. The Morgan fingerprint density at radius 2 is 1.49 bits per heavy atom. The van der Waals surface area contributed by atoms with E-state index in [1.807, 2.05) is 36.4 Å². The van der Waals surface area contributed by atoms with Gasteiger partial charge in [-0.1, -0.05) is 49.2 Å². The molecule has 0 spiro atoms. The second-order valence-corrected chi connectivity index (χ2v) is 11.0. The first-order valence-electron chi connectivity index (χ1n) is 14.9. The summed E-state index contributed by atoms with van der Waals surface area (Å²) < 4.78 is 5.12. The standard InChI is InChI=1S/C36H40O7/c1-43-35-21-24(12-18-33(35)41)11-17-32(40)30(19-20-37)31(39)9-5-3-2-4-7-25-8-6-10-34(42)36(25)28-14-13-27-23-29(38)16-15-26(27)22-28/h6,8,10,12-16,18,21-23,30,37-38,41-42H,2-5,7,9,11,17,19-20H2,1H3/t30-/m0/s1. The van der Waals surface area contributed by atoms with Crippen molar-refractivity contribution in [2.24, 2.45) is 5.92 Å². The van der Waals surface area contributed by atoms with Crippen molar-refractivity contribution in [3.05, 3.63) is 83.9 Å². The highest BCUT2D eigenvalue weighted by atomic mass is 16.5. The SMILES string of the molecule is COc1cc(CCC(=O)[C@@H](CCO)C(=O)CCCCCCc2cccc(O)c2-c2ccc3cc(O)ccc3c2)ccc1O. The maximum atomic E-state index is 12.9. The van der Waals surface area contributed by atoms with E-state index >= 15 is 0 Å². The minimum absolute atomic E-state index is 0.0285. The smallest absolute Gasteiger partial charge is 0.160 e. The first-order chi connectivity index (χ1) is 20.8. The molecule has 4 rings (SSSR count). The van der Waals surface area contributed by atoms with E-state index < -0.39 is 5.92 Å². The van der Waals surface area contributed by atoms with Gasteiger partial charge in [0.05, 0.1) is 13.0 Å². The van der Waals surface area contributed by atoms with Crippen molar-refractivity contribution >= 4 is 22.3 Å². The van der Waals surface area contributed by atoms with E-state index in [-0.39, 0.29) is 48.3 Å². The second-order valence-electron chi connectivity index (χ2n) is 11.0. The number of methoxy groups -OCH3 is 1. The summed E-state index contributed by atoms with van der Waals surface area (Å²) in [5.74, 6) is -0.289. The number of benzene rings is 4. The van der Waals surface area contributed by atoms with E-state index in [2.05, 4.69) is 0 Å². The summed E-state index contributed by atoms with van der Waals surface area (Å²) in [6.07, 6.45) is 5.11. The molecular weight excluding hydrogens is 544 g/mol. The lowest BCUT2D eigenvalue weighted by molar-refractivity contribution is -0.133. The van der Waals surface area contributed by atoms with Crippen LogP contribution < -0.4 is 4.74 Å². The topological polar surface area (TPSA) is 124 Å². The van der Waals surface area contributed by atoms with E-state index in [0.29, 0.717) is 25.0 Å². The zero-order valence-electron chi connectivity index (χ0n) is 24.6. The molecule has 0 aliphatic carbocycles. The monoisotopic (exact) mass is 584 g/mol. The Kier molecular flexibility index (Phi) is 11.2. The first-order valence-corrected chi connectivity index (χ1v) is 14.9. The maximum Gasteiger partial charge on any atom is 0.160 e. The average molecular weight is 585 g/mol. The fourth-order valence-corrected chi connectivity index (χ4v) is 5.61. The van der Waals surface area contributed by atoms with Crippen LogP contribution in [0.2, 0.25) is 0 Å². The number of ketones is 2. The number of carbonyl (C=O) groups excluding carboxylic acids is 2. The molecule has 4 aromatic rings. The Labute approximate surface area is 252 Å². The first kappa shape index (κ1) is 31.6. The minimum atomic E-state index is -0.801. The van der Waals surface area contributed by atoms with E-state index in [0.717, 1.165) is 58.7 Å². The molecular formula is C36H40O7. The lowest BCUT2D eigenvalue weighted by Gasteiger charge is -2.14. The molecule has 4 N–H and O–H groups in total. The molecule has 226 valence electrons. The van der Waals surface area contributed by atoms with E-state index in [1.165, 1.54) is 13.2 Å². The average Bonchev–Trinajstić information content (AvgIpc) is 3.00. The number of ether oxygens (including phenoxy) is 1. The molecule has 0 saturated heterocycles. The van der Waals surface area contributed by atoms with Crippen molar-refractivity contribution in [1.29, 1.82) is 0 Å². The van der Waals surface area contributed by atoms with Crippen LogP contribution in [0.15, 0.2) is 72.8 Å². The fourth-order valence-electron chi connectivity index (χ4n) is 5.61. The molecule has 0 bridgehead atoms. The molecule has 7 nitrogen and oxygen atoms in total. The third-order valence-electron chi connectivity index (χ3n) is 7.96. The third-order valence-corrected chi connectivity index (χ3v) is 7.96. The highest BCUT2D eigenvalue weighted by Crippen LogP contribution is 2.36. The summed E-state index contributed by atoms with van der Waals surface area (Å²) in [4.78, 5) is 25.8. The molecule has 4 aromatic carbocycles. The van der Waals surface area contributed by atoms with Crippen LogP contribution in [-0.2, 0) is 22.4 Å². The van der Waals surface area contributed by atoms with Gasteiger partial charge in [-0.3, -0.25) is 9.59 Å².